The highest BCUT2D eigenvalue weighted by Gasteiger charge is 2.40. The normalized spacial score (nSPS) is 22.3. The summed E-state index contributed by atoms with van der Waals surface area (Å²) in [6, 6.07) is 4.89. The van der Waals surface area contributed by atoms with Gasteiger partial charge in [0.05, 0.1) is 12.2 Å². The molecule has 4 rings (SSSR count). The number of rotatable bonds is 2. The minimum Gasteiger partial charge on any atom is -0.334 e. The predicted octanol–water partition coefficient (Wildman–Crippen LogP) is 3.36. The number of carbonyl (C=O) groups is 1. The molecule has 152 valence electrons. The molecule has 0 saturated carbocycles. The van der Waals surface area contributed by atoms with Crippen LogP contribution in [-0.2, 0) is 0 Å². The molecular weight excluding hydrogens is 395 g/mol. The van der Waals surface area contributed by atoms with Gasteiger partial charge in [-0.1, -0.05) is 9.24 Å². The minimum absolute atomic E-state index is 0.0486. The lowest BCUT2D eigenvalue weighted by molar-refractivity contribution is 0.0543. The maximum absolute atomic E-state index is 15.2. The first-order valence-corrected chi connectivity index (χ1v) is 9.93. The number of nitrogens with zero attached hydrogens (tertiary/aromatic N) is 5. The first-order chi connectivity index (χ1) is 13.6. The van der Waals surface area contributed by atoms with E-state index >= 15 is 4.39 Å². The van der Waals surface area contributed by atoms with Crippen molar-refractivity contribution >= 4 is 20.9 Å². The second-order valence-electron chi connectivity index (χ2n) is 7.84. The summed E-state index contributed by atoms with van der Waals surface area (Å²) in [4.78, 5) is 23.1. The van der Waals surface area contributed by atoms with E-state index in [-0.39, 0.29) is 30.6 Å². The van der Waals surface area contributed by atoms with Gasteiger partial charge in [0.25, 0.3) is 11.7 Å². The van der Waals surface area contributed by atoms with Crippen molar-refractivity contribution in [2.45, 2.75) is 38.5 Å². The van der Waals surface area contributed by atoms with E-state index in [0.29, 0.717) is 29.0 Å². The Kier molecular flexibility index (Phi) is 4.85. The molecule has 1 saturated heterocycles. The third-order valence-corrected chi connectivity index (χ3v) is 5.69. The van der Waals surface area contributed by atoms with Gasteiger partial charge in [-0.15, -0.1) is 0 Å². The van der Waals surface area contributed by atoms with Crippen LogP contribution in [0.15, 0.2) is 24.5 Å². The smallest absolute Gasteiger partial charge is 0.254 e. The minimum atomic E-state index is -1.65. The van der Waals surface area contributed by atoms with Crippen molar-refractivity contribution < 1.29 is 13.6 Å². The van der Waals surface area contributed by atoms with E-state index in [4.69, 9.17) is 0 Å². The molecule has 1 aromatic carbocycles. The fourth-order valence-corrected chi connectivity index (χ4v) is 4.55. The van der Waals surface area contributed by atoms with Gasteiger partial charge in [0.15, 0.2) is 0 Å². The summed E-state index contributed by atoms with van der Waals surface area (Å²) in [5, 5.41) is 2.57. The van der Waals surface area contributed by atoms with Gasteiger partial charge >= 0.3 is 0 Å². The molecule has 2 unspecified atom stereocenters. The Bertz CT molecular complexity index is 1090. The second kappa shape index (κ2) is 7.10. The summed E-state index contributed by atoms with van der Waals surface area (Å²) >= 11 is 0. The van der Waals surface area contributed by atoms with Crippen molar-refractivity contribution in [3.05, 3.63) is 58.4 Å². The van der Waals surface area contributed by atoms with Crippen LogP contribution in [-0.4, -0.2) is 48.9 Å². The van der Waals surface area contributed by atoms with Crippen LogP contribution in [0.25, 0.3) is 5.78 Å². The number of fused-ring (bicyclic) bond motifs is 1. The molecule has 1 amide bonds. The fraction of sp³-hybridized carbons (Fsp3) is 0.400. The topological polar surface area (TPSA) is 63.4 Å². The summed E-state index contributed by atoms with van der Waals surface area (Å²) in [7, 11) is 2.23. The Morgan fingerprint density at radius 3 is 2.62 bits per heavy atom. The SMILES string of the molecule is Cc1cc([C@@H]2CN(C(=O)c3cc(C)c(F)c(C)c3)CC(F)(P)C2)n2ncnc2n1. The summed E-state index contributed by atoms with van der Waals surface area (Å²) in [6.07, 6.45) is 1.63. The zero-order valence-corrected chi connectivity index (χ0v) is 17.6. The maximum atomic E-state index is 15.2. The van der Waals surface area contributed by atoms with Gasteiger partial charge < -0.3 is 4.90 Å². The number of benzene rings is 1. The summed E-state index contributed by atoms with van der Waals surface area (Å²) in [6.45, 7) is 5.36. The number of likely N-dealkylation sites (tertiary alicyclic amines) is 1. The third-order valence-electron chi connectivity index (χ3n) is 5.28. The van der Waals surface area contributed by atoms with Crippen LogP contribution < -0.4 is 0 Å². The van der Waals surface area contributed by atoms with Gasteiger partial charge in [-0.05, 0) is 56.5 Å². The van der Waals surface area contributed by atoms with Crippen molar-refractivity contribution in [1.29, 1.82) is 0 Å². The van der Waals surface area contributed by atoms with E-state index in [2.05, 4.69) is 24.3 Å². The molecule has 0 spiro atoms. The molecule has 3 aromatic rings. The van der Waals surface area contributed by atoms with Gasteiger partial charge in [0, 0.05) is 23.7 Å². The first-order valence-electron chi connectivity index (χ1n) is 9.36. The Morgan fingerprint density at radius 1 is 1.24 bits per heavy atom. The molecule has 1 aliphatic heterocycles. The lowest BCUT2D eigenvalue weighted by atomic mass is 9.91. The average Bonchev–Trinajstić information content (AvgIpc) is 3.11. The van der Waals surface area contributed by atoms with E-state index < -0.39 is 5.41 Å². The van der Waals surface area contributed by atoms with Gasteiger partial charge in [0.2, 0.25) is 0 Å². The highest BCUT2D eigenvalue weighted by molar-refractivity contribution is 7.18. The van der Waals surface area contributed by atoms with Crippen molar-refractivity contribution in [2.24, 2.45) is 0 Å². The Morgan fingerprint density at radius 2 is 1.93 bits per heavy atom. The van der Waals surface area contributed by atoms with Crippen LogP contribution in [0.2, 0.25) is 0 Å². The van der Waals surface area contributed by atoms with E-state index in [1.165, 1.54) is 23.4 Å². The van der Waals surface area contributed by atoms with Crippen LogP contribution in [0.4, 0.5) is 8.78 Å². The standard InChI is InChI=1S/C20H22F2N5OP/c1-11-4-14(5-12(2)17(11)21)18(28)26-8-15(7-20(22,29)9-26)16-6-13(3)25-19-23-10-24-27(16)19/h4-6,10,15H,7-9,29H2,1-3H3/t15-,20?/m0/s1. The summed E-state index contributed by atoms with van der Waals surface area (Å²) in [5.74, 6) is -0.485. The molecule has 0 aliphatic carbocycles. The molecule has 3 heterocycles. The zero-order valence-electron chi connectivity index (χ0n) is 16.5. The number of piperidine rings is 1. The van der Waals surface area contributed by atoms with E-state index in [9.17, 15) is 9.18 Å². The number of carbonyl (C=O) groups excluding carboxylic acids is 1. The number of aryl methyl sites for hydroxylation is 3. The number of hydrogen-bond acceptors (Lipinski definition) is 4. The molecule has 9 heteroatoms. The maximum Gasteiger partial charge on any atom is 0.254 e. The summed E-state index contributed by atoms with van der Waals surface area (Å²) < 4.78 is 30.8. The van der Waals surface area contributed by atoms with Crippen LogP contribution in [0.5, 0.6) is 0 Å². The second-order valence-corrected chi connectivity index (χ2v) is 8.87. The van der Waals surface area contributed by atoms with Crippen LogP contribution in [0.1, 0.15) is 45.2 Å². The fourth-order valence-electron chi connectivity index (χ4n) is 4.04. The third kappa shape index (κ3) is 3.73. The monoisotopic (exact) mass is 417 g/mol. The molecule has 2 aromatic heterocycles. The molecule has 0 bridgehead atoms. The lowest BCUT2D eigenvalue weighted by Gasteiger charge is -2.40. The Hall–Kier alpha value is -2.47. The van der Waals surface area contributed by atoms with E-state index in [0.717, 1.165) is 11.4 Å². The molecule has 3 atom stereocenters. The predicted molar refractivity (Wildman–Crippen MR) is 108 cm³/mol. The Labute approximate surface area is 169 Å². The van der Waals surface area contributed by atoms with E-state index in [1.54, 1.807) is 18.4 Å². The van der Waals surface area contributed by atoms with Crippen LogP contribution >= 0.6 is 9.24 Å². The van der Waals surface area contributed by atoms with E-state index in [1.807, 2.05) is 13.0 Å². The van der Waals surface area contributed by atoms with Gasteiger partial charge in [-0.3, -0.25) is 4.79 Å². The average molecular weight is 417 g/mol. The van der Waals surface area contributed by atoms with Crippen LogP contribution in [0, 0.1) is 26.6 Å². The number of hydrogen-bond donors (Lipinski definition) is 0. The molecule has 1 fully saturated rings. The van der Waals surface area contributed by atoms with Crippen molar-refractivity contribution in [2.75, 3.05) is 13.1 Å². The molecule has 0 radical (unpaired) electrons. The molecule has 6 nitrogen and oxygen atoms in total. The number of aromatic nitrogens is 4. The van der Waals surface area contributed by atoms with Crippen molar-refractivity contribution in [1.82, 2.24) is 24.5 Å². The summed E-state index contributed by atoms with van der Waals surface area (Å²) in [5.41, 5.74) is 2.67. The van der Waals surface area contributed by atoms with Crippen LogP contribution in [0.3, 0.4) is 0 Å². The molecule has 1 aliphatic rings. The molecule has 0 N–H and O–H groups in total. The zero-order chi connectivity index (χ0) is 20.9. The number of amides is 1. The largest absolute Gasteiger partial charge is 0.334 e. The van der Waals surface area contributed by atoms with Crippen molar-refractivity contribution in [3.63, 3.8) is 0 Å². The van der Waals surface area contributed by atoms with Crippen molar-refractivity contribution in [3.8, 4) is 0 Å². The highest BCUT2D eigenvalue weighted by atomic mass is 31.0. The highest BCUT2D eigenvalue weighted by Crippen LogP contribution is 2.39. The lowest BCUT2D eigenvalue weighted by Crippen LogP contribution is -2.48. The molecular formula is C20H22F2N5OP. The molecule has 29 heavy (non-hydrogen) atoms. The first kappa shape index (κ1) is 19.8. The van der Waals surface area contributed by atoms with Gasteiger partial charge in [-0.25, -0.2) is 18.3 Å². The van der Waals surface area contributed by atoms with Gasteiger partial charge in [-0.2, -0.15) is 10.1 Å². The number of halogens is 2. The quantitative estimate of drug-likeness (QED) is 0.600. The Balaban J connectivity index is 1.71. The number of alkyl halides is 1. The van der Waals surface area contributed by atoms with Gasteiger partial charge in [0.1, 0.15) is 17.6 Å².